The summed E-state index contributed by atoms with van der Waals surface area (Å²) in [5.41, 5.74) is 7.42. The van der Waals surface area contributed by atoms with Crippen LogP contribution < -0.4 is 16.4 Å². The van der Waals surface area contributed by atoms with Crippen LogP contribution in [0.3, 0.4) is 0 Å². The van der Waals surface area contributed by atoms with Crippen molar-refractivity contribution in [1.82, 2.24) is 5.32 Å². The van der Waals surface area contributed by atoms with Crippen molar-refractivity contribution in [2.75, 3.05) is 16.8 Å². The smallest absolute Gasteiger partial charge is 0.319 e. The largest absolute Gasteiger partial charge is 0.335 e. The average molecular weight is 311 g/mol. The first-order valence-corrected chi connectivity index (χ1v) is 8.81. The Morgan fingerprint density at radius 3 is 2.62 bits per heavy atom. The van der Waals surface area contributed by atoms with Crippen molar-refractivity contribution in [1.29, 1.82) is 0 Å². The molecule has 2 amide bonds. The molecule has 1 unspecified atom stereocenters. The second-order valence-corrected chi connectivity index (χ2v) is 7.74. The van der Waals surface area contributed by atoms with E-state index in [1.807, 2.05) is 25.1 Å². The first-order valence-electron chi connectivity index (χ1n) is 6.99. The van der Waals surface area contributed by atoms with Crippen LogP contribution in [-0.2, 0) is 9.84 Å². The van der Waals surface area contributed by atoms with E-state index in [0.29, 0.717) is 18.5 Å². The number of hydrogen-bond donors (Lipinski definition) is 3. The number of sulfone groups is 1. The van der Waals surface area contributed by atoms with E-state index in [1.165, 1.54) is 0 Å². The number of hydrogen-bond acceptors (Lipinski definition) is 4. The topological polar surface area (TPSA) is 101 Å². The maximum absolute atomic E-state index is 11.9. The molecule has 4 N–H and O–H groups in total. The van der Waals surface area contributed by atoms with Gasteiger partial charge in [0, 0.05) is 17.8 Å². The third-order valence-corrected chi connectivity index (χ3v) is 5.28. The summed E-state index contributed by atoms with van der Waals surface area (Å²) in [4.78, 5) is 11.9. The molecule has 6 nitrogen and oxygen atoms in total. The highest BCUT2D eigenvalue weighted by molar-refractivity contribution is 7.91. The predicted octanol–water partition coefficient (Wildman–Crippen LogP) is 1.41. The van der Waals surface area contributed by atoms with Crippen molar-refractivity contribution in [3.05, 3.63) is 29.8 Å². The Balaban J connectivity index is 1.89. The summed E-state index contributed by atoms with van der Waals surface area (Å²) in [7, 11) is -2.91. The van der Waals surface area contributed by atoms with Gasteiger partial charge in [0.05, 0.1) is 11.5 Å². The number of carbonyl (C=O) groups is 1. The van der Waals surface area contributed by atoms with Gasteiger partial charge in [0.25, 0.3) is 0 Å². The molecule has 0 aliphatic carbocycles. The molecule has 116 valence electrons. The van der Waals surface area contributed by atoms with Crippen LogP contribution in [0.5, 0.6) is 0 Å². The lowest BCUT2D eigenvalue weighted by atomic mass is 10.1. The summed E-state index contributed by atoms with van der Waals surface area (Å²) in [5.74, 6) is 0.274. The number of amides is 2. The van der Waals surface area contributed by atoms with Gasteiger partial charge in [0.1, 0.15) is 9.84 Å². The molecule has 1 atom stereocenters. The second kappa shape index (κ2) is 6.44. The standard InChI is InChI=1S/C14H21N3O3S/c1-10(15)11-3-2-4-13(9-11)17-14(18)16-12-5-7-21(19,20)8-6-12/h2-4,9-10,12H,5-8,15H2,1H3,(H2,16,17,18). The van der Waals surface area contributed by atoms with Gasteiger partial charge in [-0.1, -0.05) is 12.1 Å². The molecule has 2 rings (SSSR count). The zero-order valence-corrected chi connectivity index (χ0v) is 12.8. The number of rotatable bonds is 3. The molecule has 1 aromatic rings. The summed E-state index contributed by atoms with van der Waals surface area (Å²) < 4.78 is 22.7. The van der Waals surface area contributed by atoms with Crippen molar-refractivity contribution in [2.24, 2.45) is 5.73 Å². The Morgan fingerprint density at radius 1 is 1.33 bits per heavy atom. The Morgan fingerprint density at radius 2 is 2.00 bits per heavy atom. The Kier molecular flexibility index (Phi) is 4.84. The van der Waals surface area contributed by atoms with Crippen LogP contribution in [0.2, 0.25) is 0 Å². The van der Waals surface area contributed by atoms with Gasteiger partial charge in [0.2, 0.25) is 0 Å². The summed E-state index contributed by atoms with van der Waals surface area (Å²) in [6.45, 7) is 1.88. The van der Waals surface area contributed by atoms with E-state index in [0.717, 1.165) is 5.56 Å². The van der Waals surface area contributed by atoms with Crippen LogP contribution in [0.25, 0.3) is 0 Å². The highest BCUT2D eigenvalue weighted by Crippen LogP contribution is 2.16. The lowest BCUT2D eigenvalue weighted by Gasteiger charge is -2.23. The minimum Gasteiger partial charge on any atom is -0.335 e. The van der Waals surface area contributed by atoms with E-state index in [-0.39, 0.29) is 29.6 Å². The molecule has 1 saturated heterocycles. The molecule has 0 bridgehead atoms. The lowest BCUT2D eigenvalue weighted by Crippen LogP contribution is -2.42. The summed E-state index contributed by atoms with van der Waals surface area (Å²) in [6.07, 6.45) is 0.936. The van der Waals surface area contributed by atoms with Crippen LogP contribution in [0.4, 0.5) is 10.5 Å². The van der Waals surface area contributed by atoms with Crippen LogP contribution in [-0.4, -0.2) is 32.0 Å². The van der Waals surface area contributed by atoms with Crippen molar-refractivity contribution in [2.45, 2.75) is 31.8 Å². The van der Waals surface area contributed by atoms with Gasteiger partial charge in [-0.3, -0.25) is 0 Å². The lowest BCUT2D eigenvalue weighted by molar-refractivity contribution is 0.247. The van der Waals surface area contributed by atoms with Crippen LogP contribution >= 0.6 is 0 Å². The molecule has 7 heteroatoms. The van der Waals surface area contributed by atoms with E-state index in [4.69, 9.17) is 5.73 Å². The first kappa shape index (κ1) is 15.8. The van der Waals surface area contributed by atoms with Crippen molar-refractivity contribution in [3.8, 4) is 0 Å². The maximum atomic E-state index is 11.9. The molecule has 1 aliphatic rings. The van der Waals surface area contributed by atoms with Gasteiger partial charge < -0.3 is 16.4 Å². The number of carbonyl (C=O) groups excluding carboxylic acids is 1. The van der Waals surface area contributed by atoms with Gasteiger partial charge in [-0.05, 0) is 37.5 Å². The quantitative estimate of drug-likeness (QED) is 0.785. The van der Waals surface area contributed by atoms with Crippen LogP contribution in [0.1, 0.15) is 31.4 Å². The zero-order valence-electron chi connectivity index (χ0n) is 12.0. The number of nitrogens with two attached hydrogens (primary N) is 1. The SMILES string of the molecule is CC(N)c1cccc(NC(=O)NC2CCS(=O)(=O)CC2)c1. The zero-order chi connectivity index (χ0) is 15.5. The number of nitrogens with one attached hydrogen (secondary N) is 2. The molecule has 0 radical (unpaired) electrons. The van der Waals surface area contributed by atoms with Crippen LogP contribution in [0.15, 0.2) is 24.3 Å². The number of urea groups is 1. The third-order valence-electron chi connectivity index (χ3n) is 3.56. The summed E-state index contributed by atoms with van der Waals surface area (Å²) >= 11 is 0. The molecule has 1 heterocycles. The molecule has 1 aromatic carbocycles. The van der Waals surface area contributed by atoms with E-state index in [9.17, 15) is 13.2 Å². The molecule has 0 spiro atoms. The minimum atomic E-state index is -2.91. The Labute approximate surface area is 125 Å². The molecule has 0 aromatic heterocycles. The highest BCUT2D eigenvalue weighted by Gasteiger charge is 2.24. The Hall–Kier alpha value is -1.60. The van der Waals surface area contributed by atoms with Gasteiger partial charge in [-0.2, -0.15) is 0 Å². The summed E-state index contributed by atoms with van der Waals surface area (Å²) in [6, 6.07) is 6.85. The first-order chi connectivity index (χ1) is 9.85. The van der Waals surface area contributed by atoms with E-state index in [1.54, 1.807) is 6.07 Å². The van der Waals surface area contributed by atoms with Crippen molar-refractivity contribution < 1.29 is 13.2 Å². The molecule has 1 fully saturated rings. The summed E-state index contributed by atoms with van der Waals surface area (Å²) in [5, 5.41) is 5.56. The number of benzene rings is 1. The Bertz CT molecular complexity index is 600. The third kappa shape index (κ3) is 4.71. The van der Waals surface area contributed by atoms with Crippen molar-refractivity contribution >= 4 is 21.6 Å². The maximum Gasteiger partial charge on any atom is 0.319 e. The van der Waals surface area contributed by atoms with E-state index >= 15 is 0 Å². The fourth-order valence-electron chi connectivity index (χ4n) is 2.29. The van der Waals surface area contributed by atoms with Gasteiger partial charge in [-0.25, -0.2) is 13.2 Å². The number of anilines is 1. The minimum absolute atomic E-state index is 0.0925. The second-order valence-electron chi connectivity index (χ2n) is 5.44. The molecular weight excluding hydrogens is 290 g/mol. The molecular formula is C14H21N3O3S. The normalized spacial score (nSPS) is 19.7. The molecule has 21 heavy (non-hydrogen) atoms. The van der Waals surface area contributed by atoms with Gasteiger partial charge in [0.15, 0.2) is 0 Å². The van der Waals surface area contributed by atoms with E-state index < -0.39 is 9.84 Å². The predicted molar refractivity (Wildman–Crippen MR) is 82.9 cm³/mol. The van der Waals surface area contributed by atoms with Crippen LogP contribution in [0, 0.1) is 0 Å². The van der Waals surface area contributed by atoms with Gasteiger partial charge >= 0.3 is 6.03 Å². The van der Waals surface area contributed by atoms with E-state index in [2.05, 4.69) is 10.6 Å². The molecule has 1 aliphatic heterocycles. The van der Waals surface area contributed by atoms with Gasteiger partial charge in [-0.15, -0.1) is 0 Å². The average Bonchev–Trinajstić information content (AvgIpc) is 2.41. The van der Waals surface area contributed by atoms with Crippen molar-refractivity contribution in [3.63, 3.8) is 0 Å². The fraction of sp³-hybridized carbons (Fsp3) is 0.500. The molecule has 0 saturated carbocycles. The monoisotopic (exact) mass is 311 g/mol. The fourth-order valence-corrected chi connectivity index (χ4v) is 3.78. The highest BCUT2D eigenvalue weighted by atomic mass is 32.2.